The summed E-state index contributed by atoms with van der Waals surface area (Å²) in [5, 5.41) is 16.3. The molecule has 11 heavy (non-hydrogen) atoms. The number of aliphatic carboxylic acids is 2. The lowest BCUT2D eigenvalue weighted by atomic mass is 10.8. The van der Waals surface area contributed by atoms with E-state index < -0.39 is 11.9 Å². The molecule has 0 amide bonds. The maximum absolute atomic E-state index is 9.94. The molecule has 0 bridgehead atoms. The second-order valence-corrected chi connectivity index (χ2v) is 5.61. The first-order chi connectivity index (χ1) is 5.13. The van der Waals surface area contributed by atoms with Gasteiger partial charge in [-0.25, -0.2) is 0 Å². The minimum atomic E-state index is -0.890. The SMILES string of the molecule is O=C(O)CSSSCC(=O)O. The molecule has 0 aromatic heterocycles. The molecule has 0 unspecified atom stereocenters. The zero-order chi connectivity index (χ0) is 8.69. The third-order valence-electron chi connectivity index (χ3n) is 0.461. The highest BCUT2D eigenvalue weighted by Crippen LogP contribution is 2.33. The molecule has 0 aromatic rings. The summed E-state index contributed by atoms with van der Waals surface area (Å²) in [6.07, 6.45) is 0. The van der Waals surface area contributed by atoms with Crippen LogP contribution in [0.3, 0.4) is 0 Å². The highest BCUT2D eigenvalue weighted by atomic mass is 33.5. The molecule has 4 nitrogen and oxygen atoms in total. The maximum atomic E-state index is 9.94. The molecular formula is C4H6O4S3. The van der Waals surface area contributed by atoms with E-state index in [0.29, 0.717) is 0 Å². The Hall–Kier alpha value is -0.0100. The van der Waals surface area contributed by atoms with Gasteiger partial charge in [0.1, 0.15) is 11.5 Å². The first-order valence-corrected chi connectivity index (χ1v) is 6.29. The van der Waals surface area contributed by atoms with Crippen LogP contribution in [0.4, 0.5) is 0 Å². The van der Waals surface area contributed by atoms with Crippen LogP contribution in [-0.2, 0) is 9.59 Å². The lowest BCUT2D eigenvalue weighted by Crippen LogP contribution is -1.97. The Morgan fingerprint density at radius 3 is 1.64 bits per heavy atom. The van der Waals surface area contributed by atoms with Crippen LogP contribution in [0.25, 0.3) is 0 Å². The molecule has 0 aliphatic carbocycles. The molecule has 0 atom stereocenters. The minimum absolute atomic E-state index is 0.00269. The van der Waals surface area contributed by atoms with Gasteiger partial charge >= 0.3 is 11.9 Å². The van der Waals surface area contributed by atoms with Crippen molar-refractivity contribution >= 4 is 43.4 Å². The van der Waals surface area contributed by atoms with Gasteiger partial charge in [-0.3, -0.25) is 9.59 Å². The second kappa shape index (κ2) is 6.68. The quantitative estimate of drug-likeness (QED) is 0.508. The van der Waals surface area contributed by atoms with Crippen molar-refractivity contribution in [2.45, 2.75) is 0 Å². The second-order valence-electron chi connectivity index (χ2n) is 1.38. The summed E-state index contributed by atoms with van der Waals surface area (Å²) in [5.41, 5.74) is 0. The van der Waals surface area contributed by atoms with E-state index in [1.807, 2.05) is 0 Å². The van der Waals surface area contributed by atoms with E-state index in [4.69, 9.17) is 10.2 Å². The van der Waals surface area contributed by atoms with Crippen LogP contribution < -0.4 is 0 Å². The van der Waals surface area contributed by atoms with E-state index in [1.54, 1.807) is 0 Å². The van der Waals surface area contributed by atoms with Crippen LogP contribution in [0.15, 0.2) is 0 Å². The van der Waals surface area contributed by atoms with Gasteiger partial charge in [0.25, 0.3) is 0 Å². The Labute approximate surface area is 74.9 Å². The summed E-state index contributed by atoms with van der Waals surface area (Å²) in [5.74, 6) is -1.79. The van der Waals surface area contributed by atoms with Gasteiger partial charge in [-0.2, -0.15) is 0 Å². The van der Waals surface area contributed by atoms with Gasteiger partial charge in [0.15, 0.2) is 0 Å². The predicted octanol–water partition coefficient (Wildman–Crippen LogP) is 1.19. The lowest BCUT2D eigenvalue weighted by molar-refractivity contribution is -0.134. The fraction of sp³-hybridized carbons (Fsp3) is 0.500. The third-order valence-corrected chi connectivity index (χ3v) is 4.40. The van der Waals surface area contributed by atoms with Crippen LogP contribution in [-0.4, -0.2) is 33.7 Å². The summed E-state index contributed by atoms with van der Waals surface area (Å²) in [4.78, 5) is 19.9. The number of carboxylic acid groups (broad SMARTS) is 2. The lowest BCUT2D eigenvalue weighted by Gasteiger charge is -1.93. The summed E-state index contributed by atoms with van der Waals surface area (Å²) in [6.45, 7) is 0. The summed E-state index contributed by atoms with van der Waals surface area (Å²) < 4.78 is 0. The molecule has 0 heterocycles. The van der Waals surface area contributed by atoms with E-state index in [1.165, 1.54) is 9.83 Å². The zero-order valence-corrected chi connectivity index (χ0v) is 7.80. The molecule has 0 fully saturated rings. The van der Waals surface area contributed by atoms with E-state index in [-0.39, 0.29) is 11.5 Å². The number of carboxylic acids is 2. The van der Waals surface area contributed by atoms with Crippen molar-refractivity contribution in [3.8, 4) is 0 Å². The van der Waals surface area contributed by atoms with Gasteiger partial charge in [-0.1, -0.05) is 21.6 Å². The molecule has 0 aromatic carbocycles. The molecule has 0 spiro atoms. The van der Waals surface area contributed by atoms with E-state index in [9.17, 15) is 9.59 Å². The molecule has 0 saturated heterocycles. The first-order valence-electron chi connectivity index (χ1n) is 2.47. The molecule has 0 saturated carbocycles. The van der Waals surface area contributed by atoms with Gasteiger partial charge in [-0.15, -0.1) is 0 Å². The summed E-state index contributed by atoms with van der Waals surface area (Å²) in [6, 6.07) is 0. The van der Waals surface area contributed by atoms with Crippen LogP contribution in [0, 0.1) is 0 Å². The van der Waals surface area contributed by atoms with Crippen molar-refractivity contribution < 1.29 is 19.8 Å². The summed E-state index contributed by atoms with van der Waals surface area (Å²) >= 11 is 0. The number of rotatable bonds is 6. The van der Waals surface area contributed by atoms with Crippen molar-refractivity contribution in [1.82, 2.24) is 0 Å². The fourth-order valence-electron chi connectivity index (χ4n) is 0.183. The van der Waals surface area contributed by atoms with Gasteiger partial charge in [0.05, 0.1) is 0 Å². The van der Waals surface area contributed by atoms with Crippen molar-refractivity contribution in [2.75, 3.05) is 11.5 Å². The average molecular weight is 214 g/mol. The van der Waals surface area contributed by atoms with E-state index >= 15 is 0 Å². The van der Waals surface area contributed by atoms with Crippen LogP contribution in [0.2, 0.25) is 0 Å². The minimum Gasteiger partial charge on any atom is -0.481 e. The first kappa shape index (κ1) is 11.0. The fourth-order valence-corrected chi connectivity index (χ4v) is 3.12. The van der Waals surface area contributed by atoms with E-state index in [0.717, 1.165) is 21.6 Å². The van der Waals surface area contributed by atoms with Crippen molar-refractivity contribution in [2.24, 2.45) is 0 Å². The van der Waals surface area contributed by atoms with Crippen molar-refractivity contribution in [3.05, 3.63) is 0 Å². The number of hydrogen-bond acceptors (Lipinski definition) is 5. The van der Waals surface area contributed by atoms with Gasteiger partial charge in [0.2, 0.25) is 0 Å². The highest BCUT2D eigenvalue weighted by molar-refractivity contribution is 9.09. The third kappa shape index (κ3) is 9.99. The smallest absolute Gasteiger partial charge is 0.314 e. The Morgan fingerprint density at radius 1 is 1.00 bits per heavy atom. The predicted molar refractivity (Wildman–Crippen MR) is 47.8 cm³/mol. The molecular weight excluding hydrogens is 208 g/mol. The molecule has 7 heteroatoms. The van der Waals surface area contributed by atoms with E-state index in [2.05, 4.69) is 0 Å². The Kier molecular flexibility index (Phi) is 6.68. The Balaban J connectivity index is 3.03. The molecule has 0 aliphatic heterocycles. The van der Waals surface area contributed by atoms with Crippen LogP contribution >= 0.6 is 31.4 Å². The zero-order valence-electron chi connectivity index (χ0n) is 5.35. The van der Waals surface area contributed by atoms with Gasteiger partial charge < -0.3 is 10.2 Å². The molecule has 2 N–H and O–H groups in total. The monoisotopic (exact) mass is 214 g/mol. The molecule has 0 rings (SSSR count). The van der Waals surface area contributed by atoms with Crippen molar-refractivity contribution in [3.63, 3.8) is 0 Å². The molecule has 0 aliphatic rings. The topological polar surface area (TPSA) is 74.6 Å². The van der Waals surface area contributed by atoms with Crippen LogP contribution in [0.1, 0.15) is 0 Å². The number of hydrogen-bond donors (Lipinski definition) is 2. The van der Waals surface area contributed by atoms with Crippen LogP contribution in [0.5, 0.6) is 0 Å². The maximum Gasteiger partial charge on any atom is 0.314 e. The largest absolute Gasteiger partial charge is 0.481 e. The average Bonchev–Trinajstić information content (AvgIpc) is 1.85. The van der Waals surface area contributed by atoms with Gasteiger partial charge in [-0.05, 0) is 9.83 Å². The Morgan fingerprint density at radius 2 is 1.36 bits per heavy atom. The van der Waals surface area contributed by atoms with Gasteiger partial charge in [0, 0.05) is 0 Å². The Bertz CT molecular complexity index is 132. The molecule has 64 valence electrons. The highest BCUT2D eigenvalue weighted by Gasteiger charge is 2.00. The molecule has 0 radical (unpaired) electrons. The standard InChI is InChI=1S/C4H6O4S3/c5-3(6)1-9-11-10-2-4(7)8/h1-2H2,(H,5,6)(H,7,8). The summed E-state index contributed by atoms with van der Waals surface area (Å²) in [7, 11) is 3.42. The van der Waals surface area contributed by atoms with Crippen molar-refractivity contribution in [1.29, 1.82) is 0 Å². The number of carbonyl (C=O) groups is 2. The normalized spacial score (nSPS) is 9.45.